The fourth-order valence-corrected chi connectivity index (χ4v) is 12.6. The SMILES string of the molecule is CCOC(=O)CNC(=O)NCC12CCCC1C1CCC3C4(C)CC=C(c5ccc(C(=O)O)cc5)C(C)(C)C4CCC3(C)[C@]1(C)CC2. The maximum atomic E-state index is 12.7. The summed E-state index contributed by atoms with van der Waals surface area (Å²) in [5.74, 6) is 1.25. The van der Waals surface area contributed by atoms with Crippen LogP contribution in [0.3, 0.4) is 0 Å². The van der Waals surface area contributed by atoms with Crippen LogP contribution in [0.2, 0.25) is 0 Å². The van der Waals surface area contributed by atoms with Gasteiger partial charge < -0.3 is 20.5 Å². The zero-order chi connectivity index (χ0) is 33.1. The van der Waals surface area contributed by atoms with Gasteiger partial charge in [-0.05, 0) is 139 Å². The zero-order valence-corrected chi connectivity index (χ0v) is 29.0. The lowest BCUT2D eigenvalue weighted by Crippen LogP contribution is -2.65. The molecule has 1 aromatic rings. The van der Waals surface area contributed by atoms with E-state index in [-0.39, 0.29) is 39.7 Å². The fourth-order valence-electron chi connectivity index (χ4n) is 12.6. The quantitative estimate of drug-likeness (QED) is 0.264. The minimum Gasteiger partial charge on any atom is -0.478 e. The van der Waals surface area contributed by atoms with Crippen LogP contribution < -0.4 is 10.6 Å². The second-order valence-corrected chi connectivity index (χ2v) is 16.8. The first-order chi connectivity index (χ1) is 21.7. The van der Waals surface area contributed by atoms with Crippen molar-refractivity contribution in [1.29, 1.82) is 0 Å². The summed E-state index contributed by atoms with van der Waals surface area (Å²) in [6, 6.07) is 7.25. The Morgan fingerprint density at radius 1 is 0.848 bits per heavy atom. The number of carbonyl (C=O) groups excluding carboxylic acids is 2. The van der Waals surface area contributed by atoms with Crippen LogP contribution in [0.4, 0.5) is 4.79 Å². The number of amides is 2. The molecule has 2 amide bonds. The summed E-state index contributed by atoms with van der Waals surface area (Å²) in [4.78, 5) is 35.9. The van der Waals surface area contributed by atoms with Crippen LogP contribution in [-0.4, -0.2) is 42.8 Å². The maximum absolute atomic E-state index is 12.7. The average Bonchev–Trinajstić information content (AvgIpc) is 3.44. The number of ether oxygens (including phenoxy) is 1. The van der Waals surface area contributed by atoms with Crippen molar-refractivity contribution in [2.75, 3.05) is 19.7 Å². The molecule has 46 heavy (non-hydrogen) atoms. The first-order valence-electron chi connectivity index (χ1n) is 17.9. The van der Waals surface area contributed by atoms with Crippen molar-refractivity contribution in [3.8, 4) is 0 Å². The van der Waals surface area contributed by atoms with Crippen LogP contribution in [-0.2, 0) is 9.53 Å². The highest BCUT2D eigenvalue weighted by molar-refractivity contribution is 5.88. The molecule has 7 nitrogen and oxygen atoms in total. The van der Waals surface area contributed by atoms with E-state index in [4.69, 9.17) is 4.74 Å². The Morgan fingerprint density at radius 3 is 2.28 bits per heavy atom. The molecular weight excluding hydrogens is 576 g/mol. The van der Waals surface area contributed by atoms with Crippen LogP contribution in [0, 0.1) is 50.7 Å². The molecule has 5 aliphatic carbocycles. The lowest BCUT2D eigenvalue weighted by molar-refractivity contribution is -0.222. The van der Waals surface area contributed by atoms with Crippen molar-refractivity contribution < 1.29 is 24.2 Å². The first kappa shape index (κ1) is 33.1. The zero-order valence-electron chi connectivity index (χ0n) is 29.0. The minimum absolute atomic E-state index is 0.00349. The van der Waals surface area contributed by atoms with E-state index in [0.717, 1.165) is 18.4 Å². The third kappa shape index (κ3) is 5.01. The van der Waals surface area contributed by atoms with Crippen molar-refractivity contribution in [2.45, 2.75) is 106 Å². The number of aromatic carboxylic acids is 1. The lowest BCUT2D eigenvalue weighted by atomic mass is 9.32. The summed E-state index contributed by atoms with van der Waals surface area (Å²) in [6.07, 6.45) is 14.7. The predicted octanol–water partition coefficient (Wildman–Crippen LogP) is 8.10. The van der Waals surface area contributed by atoms with Crippen LogP contribution >= 0.6 is 0 Å². The molecule has 0 bridgehead atoms. The summed E-state index contributed by atoms with van der Waals surface area (Å²) in [5, 5.41) is 15.3. The molecule has 0 spiro atoms. The van der Waals surface area contributed by atoms with E-state index in [2.05, 4.69) is 51.3 Å². The number of hydrogen-bond acceptors (Lipinski definition) is 4. The number of hydrogen-bond donors (Lipinski definition) is 3. The number of esters is 1. The molecule has 4 fully saturated rings. The Hall–Kier alpha value is -2.83. The average molecular weight is 633 g/mol. The number of carbonyl (C=O) groups is 3. The van der Waals surface area contributed by atoms with Crippen LogP contribution in [0.1, 0.15) is 122 Å². The van der Waals surface area contributed by atoms with E-state index >= 15 is 0 Å². The smallest absolute Gasteiger partial charge is 0.335 e. The summed E-state index contributed by atoms with van der Waals surface area (Å²) in [6.45, 7) is 15.5. The van der Waals surface area contributed by atoms with E-state index in [1.807, 2.05) is 12.1 Å². The molecule has 252 valence electrons. The molecule has 0 aromatic heterocycles. The molecule has 0 saturated heterocycles. The minimum atomic E-state index is -0.878. The van der Waals surface area contributed by atoms with Gasteiger partial charge in [-0.25, -0.2) is 9.59 Å². The number of nitrogens with one attached hydrogen (secondary N) is 2. The Kier molecular flexibility index (Phi) is 8.41. The number of fused-ring (bicyclic) bond motifs is 7. The number of carboxylic acids is 1. The van der Waals surface area contributed by atoms with Crippen molar-refractivity contribution in [3.05, 3.63) is 41.5 Å². The number of carboxylic acid groups (broad SMARTS) is 1. The predicted molar refractivity (Wildman–Crippen MR) is 180 cm³/mol. The molecular formula is C39H56N2O5. The van der Waals surface area contributed by atoms with Gasteiger partial charge in [0.05, 0.1) is 12.2 Å². The molecule has 6 rings (SSSR count). The van der Waals surface area contributed by atoms with E-state index in [1.165, 1.54) is 56.9 Å². The van der Waals surface area contributed by atoms with Crippen LogP contribution in [0.15, 0.2) is 30.3 Å². The summed E-state index contributed by atoms with van der Waals surface area (Å²) >= 11 is 0. The topological polar surface area (TPSA) is 105 Å². The van der Waals surface area contributed by atoms with E-state index < -0.39 is 11.9 Å². The lowest BCUT2D eigenvalue weighted by Gasteiger charge is -2.72. The van der Waals surface area contributed by atoms with Crippen molar-refractivity contribution in [1.82, 2.24) is 10.6 Å². The number of benzene rings is 1. The Labute approximate surface area is 275 Å². The third-order valence-corrected chi connectivity index (χ3v) is 14.9. The van der Waals surface area contributed by atoms with E-state index in [1.54, 1.807) is 19.1 Å². The molecule has 0 aliphatic heterocycles. The number of allylic oxidation sites excluding steroid dienone is 2. The molecule has 1 aromatic carbocycles. The molecule has 5 aliphatic rings. The molecule has 4 saturated carbocycles. The van der Waals surface area contributed by atoms with Crippen LogP contribution in [0.5, 0.6) is 0 Å². The molecule has 0 radical (unpaired) electrons. The molecule has 8 atom stereocenters. The van der Waals surface area contributed by atoms with Gasteiger partial charge in [0.1, 0.15) is 6.54 Å². The molecule has 3 N–H and O–H groups in total. The highest BCUT2D eigenvalue weighted by Crippen LogP contribution is 2.77. The summed E-state index contributed by atoms with van der Waals surface area (Å²) in [5.41, 5.74) is 3.79. The van der Waals surface area contributed by atoms with Gasteiger partial charge in [0.15, 0.2) is 0 Å². The van der Waals surface area contributed by atoms with Gasteiger partial charge in [-0.15, -0.1) is 0 Å². The fraction of sp³-hybridized carbons (Fsp3) is 0.718. The van der Waals surface area contributed by atoms with Gasteiger partial charge in [-0.3, -0.25) is 4.79 Å². The van der Waals surface area contributed by atoms with Gasteiger partial charge in [0.2, 0.25) is 0 Å². The van der Waals surface area contributed by atoms with Crippen molar-refractivity contribution >= 4 is 23.5 Å². The van der Waals surface area contributed by atoms with Crippen molar-refractivity contribution in [2.24, 2.45) is 50.7 Å². The highest BCUT2D eigenvalue weighted by Gasteiger charge is 2.69. The highest BCUT2D eigenvalue weighted by atomic mass is 16.5. The second kappa shape index (κ2) is 11.7. The second-order valence-electron chi connectivity index (χ2n) is 16.8. The Balaban J connectivity index is 1.21. The van der Waals surface area contributed by atoms with E-state index in [0.29, 0.717) is 42.4 Å². The standard InChI is InChI=1S/C39H56N2O5/c1-7-46-32(42)23-40-34(45)41-24-39-18-8-9-29(39)28-14-15-31-36(4)19-16-27(25-10-12-26(13-11-25)33(43)44)35(2,3)30(36)17-20-38(31,6)37(28,5)21-22-39/h10-13,16,28-31H,7-9,14-15,17-24H2,1-6H3,(H,43,44)(H2,40,41,45)/t28?,29?,30?,31?,36?,37-,38?,39?/m1/s1. The van der Waals surface area contributed by atoms with E-state index in [9.17, 15) is 19.5 Å². The number of urea groups is 1. The van der Waals surface area contributed by atoms with Crippen LogP contribution in [0.25, 0.3) is 5.57 Å². The normalized spacial score (nSPS) is 39.0. The van der Waals surface area contributed by atoms with Gasteiger partial charge in [0.25, 0.3) is 0 Å². The molecule has 7 unspecified atom stereocenters. The number of rotatable bonds is 7. The first-order valence-corrected chi connectivity index (χ1v) is 17.9. The van der Waals surface area contributed by atoms with Gasteiger partial charge in [-0.1, -0.05) is 59.2 Å². The largest absolute Gasteiger partial charge is 0.478 e. The summed E-state index contributed by atoms with van der Waals surface area (Å²) in [7, 11) is 0. The third-order valence-electron chi connectivity index (χ3n) is 14.9. The Morgan fingerprint density at radius 2 is 1.59 bits per heavy atom. The van der Waals surface area contributed by atoms with Gasteiger partial charge in [0, 0.05) is 6.54 Å². The van der Waals surface area contributed by atoms with Gasteiger partial charge in [-0.2, -0.15) is 0 Å². The molecule has 7 heteroatoms. The Bertz CT molecular complexity index is 1400. The van der Waals surface area contributed by atoms with Crippen molar-refractivity contribution in [3.63, 3.8) is 0 Å². The maximum Gasteiger partial charge on any atom is 0.335 e. The summed E-state index contributed by atoms with van der Waals surface area (Å²) < 4.78 is 4.96. The monoisotopic (exact) mass is 632 g/mol. The molecule has 0 heterocycles. The van der Waals surface area contributed by atoms with Gasteiger partial charge >= 0.3 is 18.0 Å².